The summed E-state index contributed by atoms with van der Waals surface area (Å²) in [4.78, 5) is 37.9. The van der Waals surface area contributed by atoms with E-state index in [1.54, 1.807) is 24.3 Å². The lowest BCUT2D eigenvalue weighted by molar-refractivity contribution is 0.0499. The van der Waals surface area contributed by atoms with Gasteiger partial charge in [-0.15, -0.1) is 11.3 Å². The van der Waals surface area contributed by atoms with Crippen molar-refractivity contribution in [1.29, 1.82) is 0 Å². The number of fused-ring (bicyclic) bond motifs is 1. The Bertz CT molecular complexity index is 1110. The summed E-state index contributed by atoms with van der Waals surface area (Å²) < 4.78 is 5.22. The molecule has 32 heavy (non-hydrogen) atoms. The van der Waals surface area contributed by atoms with Crippen molar-refractivity contribution in [2.24, 2.45) is 0 Å². The van der Waals surface area contributed by atoms with Crippen molar-refractivity contribution in [2.75, 3.05) is 36.2 Å². The van der Waals surface area contributed by atoms with Crippen molar-refractivity contribution in [2.45, 2.75) is 37.8 Å². The van der Waals surface area contributed by atoms with Crippen molar-refractivity contribution in [3.8, 4) is 0 Å². The zero-order valence-corrected chi connectivity index (χ0v) is 19.9. The molecule has 1 fully saturated rings. The maximum Gasteiger partial charge on any atom is 0.338 e. The summed E-state index contributed by atoms with van der Waals surface area (Å²) in [5.74, 6) is 0.362. The maximum absolute atomic E-state index is 12.9. The normalized spacial score (nSPS) is 13.5. The van der Waals surface area contributed by atoms with Gasteiger partial charge in [0.1, 0.15) is 10.6 Å². The van der Waals surface area contributed by atoms with Crippen LogP contribution in [0.1, 0.15) is 52.6 Å². The molecule has 1 aliphatic rings. The first-order chi connectivity index (χ1) is 15.6. The van der Waals surface area contributed by atoms with Crippen LogP contribution in [0.2, 0.25) is 0 Å². The van der Waals surface area contributed by atoms with E-state index in [0.29, 0.717) is 22.7 Å². The van der Waals surface area contributed by atoms with Crippen LogP contribution < -0.4 is 10.2 Å². The van der Waals surface area contributed by atoms with Crippen LogP contribution in [0.5, 0.6) is 0 Å². The van der Waals surface area contributed by atoms with E-state index in [2.05, 4.69) is 15.2 Å². The number of thioether (sulfide) groups is 1. The molecule has 0 atom stereocenters. The highest BCUT2D eigenvalue weighted by Crippen LogP contribution is 2.34. The SMILES string of the molecule is CCCCOC(=O)c1ccc(NC(=O)c2cc3c(N4CCCC4)nc(SC)nc3s2)cc1. The molecule has 3 heterocycles. The molecule has 0 unspecified atom stereocenters. The highest BCUT2D eigenvalue weighted by atomic mass is 32.2. The lowest BCUT2D eigenvalue weighted by Gasteiger charge is -2.17. The summed E-state index contributed by atoms with van der Waals surface area (Å²) in [6.45, 7) is 4.42. The number of hydrogen-bond acceptors (Lipinski definition) is 8. The molecule has 1 amide bonds. The quantitative estimate of drug-likeness (QED) is 0.209. The smallest absolute Gasteiger partial charge is 0.338 e. The molecule has 1 aromatic carbocycles. The van der Waals surface area contributed by atoms with Gasteiger partial charge < -0.3 is 15.0 Å². The minimum absolute atomic E-state index is 0.204. The highest BCUT2D eigenvalue weighted by Gasteiger charge is 2.21. The molecule has 168 valence electrons. The molecule has 2 aromatic heterocycles. The van der Waals surface area contributed by atoms with Crippen molar-refractivity contribution in [3.05, 3.63) is 40.8 Å². The van der Waals surface area contributed by atoms with Crippen LogP contribution >= 0.6 is 23.1 Å². The van der Waals surface area contributed by atoms with E-state index in [-0.39, 0.29) is 11.9 Å². The second-order valence-corrected chi connectivity index (χ2v) is 9.38. The number of hydrogen-bond donors (Lipinski definition) is 1. The molecule has 1 N–H and O–H groups in total. The van der Waals surface area contributed by atoms with E-state index in [0.717, 1.165) is 60.0 Å². The van der Waals surface area contributed by atoms with Gasteiger partial charge in [0.05, 0.1) is 22.4 Å². The van der Waals surface area contributed by atoms with Crippen LogP contribution in [0, 0.1) is 0 Å². The topological polar surface area (TPSA) is 84.4 Å². The van der Waals surface area contributed by atoms with Crippen LogP contribution in [0.25, 0.3) is 10.2 Å². The first kappa shape index (κ1) is 22.5. The van der Waals surface area contributed by atoms with Gasteiger partial charge in [0.2, 0.25) is 0 Å². The van der Waals surface area contributed by atoms with E-state index in [1.165, 1.54) is 23.1 Å². The molecular formula is C23H26N4O3S2. The predicted octanol–water partition coefficient (Wildman–Crippen LogP) is 5.22. The third-order valence-electron chi connectivity index (χ3n) is 5.27. The van der Waals surface area contributed by atoms with Gasteiger partial charge in [-0.05, 0) is 55.9 Å². The summed E-state index contributed by atoms with van der Waals surface area (Å²) in [6.07, 6.45) is 6.08. The van der Waals surface area contributed by atoms with Gasteiger partial charge in [-0.3, -0.25) is 4.79 Å². The maximum atomic E-state index is 12.9. The number of carbonyl (C=O) groups excluding carboxylic acids is 2. The molecule has 0 bridgehead atoms. The molecule has 7 nitrogen and oxygen atoms in total. The Morgan fingerprint density at radius 1 is 1.19 bits per heavy atom. The van der Waals surface area contributed by atoms with Gasteiger partial charge in [0.15, 0.2) is 5.16 Å². The molecule has 9 heteroatoms. The zero-order valence-electron chi connectivity index (χ0n) is 18.2. The third kappa shape index (κ3) is 5.05. The monoisotopic (exact) mass is 470 g/mol. The Balaban J connectivity index is 1.50. The molecule has 0 aliphatic carbocycles. The molecule has 1 saturated heterocycles. The second-order valence-electron chi connectivity index (χ2n) is 7.58. The van der Waals surface area contributed by atoms with Gasteiger partial charge in [0, 0.05) is 18.8 Å². The average Bonchev–Trinajstić information content (AvgIpc) is 3.49. The molecule has 0 spiro atoms. The van der Waals surface area contributed by atoms with E-state index >= 15 is 0 Å². The lowest BCUT2D eigenvalue weighted by Crippen LogP contribution is -2.19. The first-order valence-electron chi connectivity index (χ1n) is 10.8. The minimum Gasteiger partial charge on any atom is -0.462 e. The van der Waals surface area contributed by atoms with E-state index in [1.807, 2.05) is 19.2 Å². The van der Waals surface area contributed by atoms with Gasteiger partial charge in [0.25, 0.3) is 5.91 Å². The Kier molecular flexibility index (Phi) is 7.26. The lowest BCUT2D eigenvalue weighted by atomic mass is 10.2. The van der Waals surface area contributed by atoms with E-state index < -0.39 is 0 Å². The standard InChI is InChI=1S/C23H26N4O3S2/c1-3-4-13-30-22(29)15-7-9-16(10-8-15)24-20(28)18-14-17-19(27-11-5-6-12-27)25-23(31-2)26-21(17)32-18/h7-10,14H,3-6,11-13H2,1-2H3,(H,24,28). The molecule has 1 aliphatic heterocycles. The number of nitrogens with zero attached hydrogens (tertiary/aromatic N) is 3. The Hall–Kier alpha value is -2.65. The Morgan fingerprint density at radius 3 is 2.62 bits per heavy atom. The number of unbranched alkanes of at least 4 members (excludes halogenated alkanes) is 1. The Labute approximate surface area is 195 Å². The summed E-state index contributed by atoms with van der Waals surface area (Å²) in [5.41, 5.74) is 1.09. The Morgan fingerprint density at radius 2 is 1.94 bits per heavy atom. The van der Waals surface area contributed by atoms with Gasteiger partial charge in [-0.2, -0.15) is 0 Å². The van der Waals surface area contributed by atoms with Crippen molar-refractivity contribution in [1.82, 2.24) is 9.97 Å². The second kappa shape index (κ2) is 10.3. The van der Waals surface area contributed by atoms with Gasteiger partial charge >= 0.3 is 5.97 Å². The number of thiophene rings is 1. The number of anilines is 2. The van der Waals surface area contributed by atoms with Crippen molar-refractivity contribution in [3.63, 3.8) is 0 Å². The van der Waals surface area contributed by atoms with Crippen molar-refractivity contribution < 1.29 is 14.3 Å². The molecular weight excluding hydrogens is 444 g/mol. The number of esters is 1. The number of nitrogens with one attached hydrogen (secondary N) is 1. The van der Waals surface area contributed by atoms with Gasteiger partial charge in [-0.25, -0.2) is 14.8 Å². The zero-order chi connectivity index (χ0) is 22.5. The number of benzene rings is 1. The van der Waals surface area contributed by atoms with Crippen LogP contribution in [0.15, 0.2) is 35.5 Å². The fraction of sp³-hybridized carbons (Fsp3) is 0.391. The van der Waals surface area contributed by atoms with E-state index in [4.69, 9.17) is 9.72 Å². The number of aromatic nitrogens is 2. The molecule has 4 rings (SSSR count). The number of carbonyl (C=O) groups is 2. The minimum atomic E-state index is -0.349. The first-order valence-corrected chi connectivity index (χ1v) is 12.8. The highest BCUT2D eigenvalue weighted by molar-refractivity contribution is 7.98. The summed E-state index contributed by atoms with van der Waals surface area (Å²) in [5, 5.41) is 4.55. The number of rotatable bonds is 8. The predicted molar refractivity (Wildman–Crippen MR) is 130 cm³/mol. The van der Waals surface area contributed by atoms with Crippen molar-refractivity contribution >= 4 is 56.7 Å². The largest absolute Gasteiger partial charge is 0.462 e. The van der Waals surface area contributed by atoms with Crippen LogP contribution in [0.3, 0.4) is 0 Å². The molecule has 3 aromatic rings. The number of ether oxygens (including phenoxy) is 1. The molecule has 0 saturated carbocycles. The van der Waals surface area contributed by atoms with Gasteiger partial charge in [-0.1, -0.05) is 25.1 Å². The fourth-order valence-corrected chi connectivity index (χ4v) is 4.87. The van der Waals surface area contributed by atoms with Crippen LogP contribution in [0.4, 0.5) is 11.5 Å². The summed E-state index contributed by atoms with van der Waals surface area (Å²) in [7, 11) is 0. The van der Waals surface area contributed by atoms with Crippen LogP contribution in [-0.2, 0) is 4.74 Å². The fourth-order valence-electron chi connectivity index (χ4n) is 3.54. The van der Waals surface area contributed by atoms with E-state index in [9.17, 15) is 9.59 Å². The average molecular weight is 471 g/mol. The summed E-state index contributed by atoms with van der Waals surface area (Å²) >= 11 is 2.88. The molecule has 0 radical (unpaired) electrons. The third-order valence-corrected chi connectivity index (χ3v) is 6.85. The van der Waals surface area contributed by atoms with Crippen LogP contribution in [-0.4, -0.2) is 47.8 Å². The number of amides is 1. The summed E-state index contributed by atoms with van der Waals surface area (Å²) in [6, 6.07) is 8.63.